The minimum atomic E-state index is -0.705. The van der Waals surface area contributed by atoms with Crippen molar-refractivity contribution in [3.8, 4) is 0 Å². The molecule has 1 N–H and O–H groups in total. The third-order valence-electron chi connectivity index (χ3n) is 2.92. The number of carbonyl (C=O) groups is 1. The summed E-state index contributed by atoms with van der Waals surface area (Å²) in [6.45, 7) is 4.00. The van der Waals surface area contributed by atoms with Crippen molar-refractivity contribution in [3.63, 3.8) is 0 Å². The van der Waals surface area contributed by atoms with Gasteiger partial charge in [0.15, 0.2) is 0 Å². The number of aryl methyl sites for hydroxylation is 1. The fourth-order valence-electron chi connectivity index (χ4n) is 2.00. The molecule has 19 heavy (non-hydrogen) atoms. The van der Waals surface area contributed by atoms with Gasteiger partial charge in [0.25, 0.3) is 0 Å². The van der Waals surface area contributed by atoms with Gasteiger partial charge in [-0.2, -0.15) is 0 Å². The number of hydrogen-bond acceptors (Lipinski definition) is 1. The van der Waals surface area contributed by atoms with Crippen LogP contribution in [0.2, 0.25) is 0 Å². The molecule has 0 bridgehead atoms. The second-order valence-corrected chi connectivity index (χ2v) is 4.28. The highest BCUT2D eigenvalue weighted by Gasteiger charge is 1.99. The zero-order valence-corrected chi connectivity index (χ0v) is 11.7. The van der Waals surface area contributed by atoms with Crippen LogP contribution in [0, 0.1) is 0 Å². The van der Waals surface area contributed by atoms with Crippen LogP contribution >= 0.6 is 0 Å². The average molecular weight is 258 g/mol. The Kier molecular flexibility index (Phi) is 6.65. The van der Waals surface area contributed by atoms with E-state index in [2.05, 4.69) is 30.3 Å². The fraction of sp³-hybridized carbons (Fsp3) is 0.353. The Hall–Kier alpha value is -1.83. The van der Waals surface area contributed by atoms with Gasteiger partial charge in [-0.05, 0) is 35.6 Å². The molecule has 0 saturated heterocycles. The molecule has 0 aliphatic rings. The van der Waals surface area contributed by atoms with E-state index < -0.39 is 5.97 Å². The van der Waals surface area contributed by atoms with E-state index in [0.717, 1.165) is 19.3 Å². The van der Waals surface area contributed by atoms with Gasteiger partial charge in [-0.3, -0.25) is 4.79 Å². The van der Waals surface area contributed by atoms with Crippen LogP contribution in [0.25, 0.3) is 10.8 Å². The summed E-state index contributed by atoms with van der Waals surface area (Å²) in [5.41, 5.74) is 1.29. The van der Waals surface area contributed by atoms with Crippen LogP contribution in [0.5, 0.6) is 0 Å². The monoisotopic (exact) mass is 258 g/mol. The summed E-state index contributed by atoms with van der Waals surface area (Å²) in [6, 6.07) is 14.7. The number of fused-ring (bicyclic) bond motifs is 1. The first-order valence-corrected chi connectivity index (χ1v) is 6.95. The molecule has 2 aromatic carbocycles. The summed E-state index contributed by atoms with van der Waals surface area (Å²) in [7, 11) is 0. The maximum Gasteiger partial charge on any atom is 0.303 e. The third-order valence-corrected chi connectivity index (χ3v) is 2.92. The largest absolute Gasteiger partial charge is 0.481 e. The van der Waals surface area contributed by atoms with Gasteiger partial charge < -0.3 is 5.11 Å². The Labute approximate surface area is 115 Å². The molecule has 0 aromatic heterocycles. The van der Waals surface area contributed by atoms with Crippen molar-refractivity contribution >= 4 is 16.7 Å². The molecule has 2 aromatic rings. The standard InChI is InChI=1S/C15H16O2.C2H6/c16-15(17)8-4-1-5-12-9-10-13-6-2-3-7-14(13)11-12;1-2/h2-3,6-7,9-11H,1,4-5,8H2,(H,16,17);1-2H3. The van der Waals surface area contributed by atoms with Gasteiger partial charge in [-0.25, -0.2) is 0 Å². The average Bonchev–Trinajstić information content (AvgIpc) is 2.45. The molecule has 2 heteroatoms. The van der Waals surface area contributed by atoms with E-state index in [1.807, 2.05) is 26.0 Å². The van der Waals surface area contributed by atoms with Crippen molar-refractivity contribution in [2.24, 2.45) is 0 Å². The Morgan fingerprint density at radius 3 is 2.37 bits per heavy atom. The van der Waals surface area contributed by atoms with Crippen molar-refractivity contribution in [1.29, 1.82) is 0 Å². The highest BCUT2D eigenvalue weighted by atomic mass is 16.4. The van der Waals surface area contributed by atoms with Crippen LogP contribution < -0.4 is 0 Å². The molecular weight excluding hydrogens is 236 g/mol. The van der Waals surface area contributed by atoms with Crippen LogP contribution in [0.4, 0.5) is 0 Å². The molecule has 0 atom stereocenters. The predicted octanol–water partition coefficient (Wildman–Crippen LogP) is 4.66. The van der Waals surface area contributed by atoms with E-state index in [4.69, 9.17) is 5.11 Å². The lowest BCUT2D eigenvalue weighted by Gasteiger charge is -2.03. The van der Waals surface area contributed by atoms with E-state index in [0.29, 0.717) is 0 Å². The molecule has 0 heterocycles. The van der Waals surface area contributed by atoms with E-state index in [1.165, 1.54) is 16.3 Å². The van der Waals surface area contributed by atoms with Crippen molar-refractivity contribution in [3.05, 3.63) is 48.0 Å². The van der Waals surface area contributed by atoms with Gasteiger partial charge in [-0.1, -0.05) is 56.3 Å². The number of hydrogen-bond donors (Lipinski definition) is 1. The normalized spacial score (nSPS) is 9.79. The van der Waals surface area contributed by atoms with Gasteiger partial charge >= 0.3 is 5.97 Å². The van der Waals surface area contributed by atoms with Crippen molar-refractivity contribution in [1.82, 2.24) is 0 Å². The summed E-state index contributed by atoms with van der Waals surface area (Å²) in [5.74, 6) is -0.705. The van der Waals surface area contributed by atoms with Gasteiger partial charge in [0.2, 0.25) is 0 Å². The highest BCUT2D eigenvalue weighted by molar-refractivity contribution is 5.82. The maximum absolute atomic E-state index is 10.4. The molecule has 2 nitrogen and oxygen atoms in total. The van der Waals surface area contributed by atoms with Crippen molar-refractivity contribution in [2.75, 3.05) is 0 Å². The topological polar surface area (TPSA) is 37.3 Å². The van der Waals surface area contributed by atoms with E-state index in [9.17, 15) is 4.79 Å². The highest BCUT2D eigenvalue weighted by Crippen LogP contribution is 2.17. The fourth-order valence-corrected chi connectivity index (χ4v) is 2.00. The summed E-state index contributed by atoms with van der Waals surface area (Å²) in [6.07, 6.45) is 2.92. The zero-order valence-electron chi connectivity index (χ0n) is 11.7. The second kappa shape index (κ2) is 8.30. The number of carboxylic acid groups (broad SMARTS) is 1. The van der Waals surface area contributed by atoms with Crippen LogP contribution in [0.3, 0.4) is 0 Å². The first-order chi connectivity index (χ1) is 9.25. The first-order valence-electron chi connectivity index (χ1n) is 6.95. The van der Waals surface area contributed by atoms with E-state index in [1.54, 1.807) is 0 Å². The lowest BCUT2D eigenvalue weighted by Crippen LogP contribution is -1.94. The minimum Gasteiger partial charge on any atom is -0.481 e. The minimum absolute atomic E-state index is 0.271. The van der Waals surface area contributed by atoms with Crippen LogP contribution in [0.15, 0.2) is 42.5 Å². The molecule has 0 aliphatic heterocycles. The molecule has 0 aliphatic carbocycles. The Balaban J connectivity index is 0.000000861. The summed E-state index contributed by atoms with van der Waals surface area (Å²) in [5, 5.41) is 11.1. The molecule has 102 valence electrons. The van der Waals surface area contributed by atoms with E-state index in [-0.39, 0.29) is 6.42 Å². The second-order valence-electron chi connectivity index (χ2n) is 4.28. The number of rotatable bonds is 5. The van der Waals surface area contributed by atoms with Gasteiger partial charge in [0, 0.05) is 6.42 Å². The summed E-state index contributed by atoms with van der Waals surface area (Å²) >= 11 is 0. The Bertz CT molecular complexity index is 517. The molecular formula is C17H22O2. The van der Waals surface area contributed by atoms with Gasteiger partial charge in [-0.15, -0.1) is 0 Å². The molecule has 0 unspecified atom stereocenters. The molecule has 0 radical (unpaired) electrons. The quantitative estimate of drug-likeness (QED) is 0.792. The lowest BCUT2D eigenvalue weighted by atomic mass is 10.0. The SMILES string of the molecule is CC.O=C(O)CCCCc1ccc2ccccc2c1. The van der Waals surface area contributed by atoms with Crippen molar-refractivity contribution in [2.45, 2.75) is 39.5 Å². The van der Waals surface area contributed by atoms with Crippen LogP contribution in [-0.4, -0.2) is 11.1 Å². The van der Waals surface area contributed by atoms with Gasteiger partial charge in [0.1, 0.15) is 0 Å². The summed E-state index contributed by atoms with van der Waals surface area (Å²) < 4.78 is 0. The summed E-state index contributed by atoms with van der Waals surface area (Å²) in [4.78, 5) is 10.4. The van der Waals surface area contributed by atoms with E-state index >= 15 is 0 Å². The zero-order chi connectivity index (χ0) is 14.1. The molecule has 0 amide bonds. The van der Waals surface area contributed by atoms with Gasteiger partial charge in [0.05, 0.1) is 0 Å². The smallest absolute Gasteiger partial charge is 0.303 e. The Morgan fingerprint density at radius 1 is 1.00 bits per heavy atom. The molecule has 0 spiro atoms. The molecule has 0 saturated carbocycles. The number of benzene rings is 2. The Morgan fingerprint density at radius 2 is 1.68 bits per heavy atom. The first kappa shape index (κ1) is 15.2. The number of aliphatic carboxylic acids is 1. The number of unbranched alkanes of at least 4 members (excludes halogenated alkanes) is 1. The molecule has 0 fully saturated rings. The van der Waals surface area contributed by atoms with Crippen LogP contribution in [0.1, 0.15) is 38.7 Å². The number of carboxylic acids is 1. The molecule has 2 rings (SSSR count). The lowest BCUT2D eigenvalue weighted by molar-refractivity contribution is -0.137. The van der Waals surface area contributed by atoms with Crippen molar-refractivity contribution < 1.29 is 9.90 Å². The maximum atomic E-state index is 10.4. The third kappa shape index (κ3) is 5.12. The van der Waals surface area contributed by atoms with Crippen LogP contribution in [-0.2, 0) is 11.2 Å². The predicted molar refractivity (Wildman–Crippen MR) is 80.5 cm³/mol.